The number of hydrogen-bond acceptors (Lipinski definition) is 4. The van der Waals surface area contributed by atoms with Crippen molar-refractivity contribution in [2.75, 3.05) is 27.7 Å². The lowest BCUT2D eigenvalue weighted by Crippen LogP contribution is -2.32. The highest BCUT2D eigenvalue weighted by molar-refractivity contribution is 5.69. The average molecular weight is 266 g/mol. The van der Waals surface area contributed by atoms with E-state index in [2.05, 4.69) is 11.8 Å². The molecule has 1 rings (SSSR count). The molecule has 1 unspecified atom stereocenters. The maximum absolute atomic E-state index is 11.8. The van der Waals surface area contributed by atoms with E-state index in [9.17, 15) is 4.79 Å². The van der Waals surface area contributed by atoms with Gasteiger partial charge in [0.15, 0.2) is 0 Å². The summed E-state index contributed by atoms with van der Waals surface area (Å²) in [5.74, 6) is 0.520. The Bertz CT molecular complexity index is 417. The number of nitrogens with zero attached hydrogens (tertiary/aromatic N) is 2. The van der Waals surface area contributed by atoms with Crippen LogP contribution in [0.5, 0.6) is 5.75 Å². The summed E-state index contributed by atoms with van der Waals surface area (Å²) < 4.78 is 5.27. The zero-order chi connectivity index (χ0) is 14.4. The third-order valence-electron chi connectivity index (χ3n) is 3.03. The molecule has 5 nitrogen and oxygen atoms in total. The first kappa shape index (κ1) is 15.5. The maximum atomic E-state index is 11.8. The predicted molar refractivity (Wildman–Crippen MR) is 74.0 cm³/mol. The minimum absolute atomic E-state index is 0.253. The first-order valence-corrected chi connectivity index (χ1v) is 6.29. The van der Waals surface area contributed by atoms with Crippen LogP contribution < -0.4 is 4.74 Å². The molecule has 5 heteroatoms. The molecule has 1 atom stereocenters. The Hall–Kier alpha value is -1.59. The highest BCUT2D eigenvalue weighted by Crippen LogP contribution is 2.22. The monoisotopic (exact) mass is 266 g/mol. The van der Waals surface area contributed by atoms with Gasteiger partial charge in [-0.15, -0.1) is 0 Å². The standard InChI is InChI=1S/C14H22N2O3/c1-6-16(18-5)14(17)19-13-9-7-8-12(10-13)11(2)15(3)4/h7-11H,6H2,1-5H3. The number of benzene rings is 1. The van der Waals surface area contributed by atoms with Crippen LogP contribution in [0.4, 0.5) is 4.79 Å². The molecule has 19 heavy (non-hydrogen) atoms. The first-order chi connectivity index (χ1) is 8.99. The van der Waals surface area contributed by atoms with Gasteiger partial charge in [-0.1, -0.05) is 12.1 Å². The number of carbonyl (C=O) groups excluding carboxylic acids is 1. The van der Waals surface area contributed by atoms with E-state index < -0.39 is 6.09 Å². The second-order valence-corrected chi connectivity index (χ2v) is 4.46. The molecular formula is C14H22N2O3. The fourth-order valence-corrected chi connectivity index (χ4v) is 1.62. The third kappa shape index (κ3) is 4.22. The Morgan fingerprint density at radius 1 is 1.37 bits per heavy atom. The van der Waals surface area contributed by atoms with Crippen molar-refractivity contribution in [3.8, 4) is 5.75 Å². The normalized spacial score (nSPS) is 12.3. The second-order valence-electron chi connectivity index (χ2n) is 4.46. The summed E-state index contributed by atoms with van der Waals surface area (Å²) in [5.41, 5.74) is 1.09. The smallest absolute Gasteiger partial charge is 0.409 e. The van der Waals surface area contributed by atoms with Crippen molar-refractivity contribution in [2.45, 2.75) is 19.9 Å². The minimum Gasteiger partial charge on any atom is -0.409 e. The molecule has 0 saturated carbocycles. The number of rotatable bonds is 5. The van der Waals surface area contributed by atoms with Crippen molar-refractivity contribution in [2.24, 2.45) is 0 Å². The zero-order valence-electron chi connectivity index (χ0n) is 12.2. The van der Waals surface area contributed by atoms with Gasteiger partial charge < -0.3 is 9.64 Å². The van der Waals surface area contributed by atoms with E-state index in [0.29, 0.717) is 12.3 Å². The SMILES string of the molecule is CCN(OC)C(=O)Oc1cccc(C(C)N(C)C)c1. The fraction of sp³-hybridized carbons (Fsp3) is 0.500. The van der Waals surface area contributed by atoms with Gasteiger partial charge in [0.25, 0.3) is 0 Å². The Balaban J connectivity index is 2.80. The highest BCUT2D eigenvalue weighted by Gasteiger charge is 2.15. The van der Waals surface area contributed by atoms with Crippen LogP contribution in [-0.4, -0.2) is 43.8 Å². The molecule has 106 valence electrons. The molecule has 0 N–H and O–H groups in total. The summed E-state index contributed by atoms with van der Waals surface area (Å²) in [4.78, 5) is 18.7. The average Bonchev–Trinajstić information content (AvgIpc) is 2.39. The van der Waals surface area contributed by atoms with E-state index in [-0.39, 0.29) is 6.04 Å². The first-order valence-electron chi connectivity index (χ1n) is 6.29. The van der Waals surface area contributed by atoms with Gasteiger partial charge in [-0.3, -0.25) is 4.84 Å². The van der Waals surface area contributed by atoms with Gasteiger partial charge in [-0.2, -0.15) is 5.06 Å². The van der Waals surface area contributed by atoms with Gasteiger partial charge in [0, 0.05) is 12.6 Å². The molecule has 0 aliphatic carbocycles. The summed E-state index contributed by atoms with van der Waals surface area (Å²) in [5, 5.41) is 1.15. The Kier molecular flexibility index (Phi) is 5.79. The molecule has 1 aromatic rings. The van der Waals surface area contributed by atoms with E-state index >= 15 is 0 Å². The fourth-order valence-electron chi connectivity index (χ4n) is 1.62. The van der Waals surface area contributed by atoms with E-state index in [4.69, 9.17) is 9.57 Å². The lowest BCUT2D eigenvalue weighted by Gasteiger charge is -2.21. The van der Waals surface area contributed by atoms with Crippen molar-refractivity contribution >= 4 is 6.09 Å². The van der Waals surface area contributed by atoms with Crippen molar-refractivity contribution < 1.29 is 14.4 Å². The topological polar surface area (TPSA) is 42.0 Å². The van der Waals surface area contributed by atoms with Gasteiger partial charge in [-0.25, -0.2) is 4.79 Å². The van der Waals surface area contributed by atoms with Gasteiger partial charge >= 0.3 is 6.09 Å². The molecule has 0 aromatic heterocycles. The van der Waals surface area contributed by atoms with E-state index in [1.807, 2.05) is 39.2 Å². The highest BCUT2D eigenvalue weighted by atomic mass is 16.7. The van der Waals surface area contributed by atoms with Gasteiger partial charge in [0.05, 0.1) is 7.11 Å². The van der Waals surface area contributed by atoms with Crippen molar-refractivity contribution in [1.29, 1.82) is 0 Å². The molecule has 1 amide bonds. The predicted octanol–water partition coefficient (Wildman–Crippen LogP) is 2.69. The van der Waals surface area contributed by atoms with Crippen LogP contribution in [-0.2, 0) is 4.84 Å². The summed E-state index contributed by atoms with van der Waals surface area (Å²) in [6.07, 6.45) is -0.514. The summed E-state index contributed by atoms with van der Waals surface area (Å²) >= 11 is 0. The third-order valence-corrected chi connectivity index (χ3v) is 3.03. The zero-order valence-corrected chi connectivity index (χ0v) is 12.2. The Morgan fingerprint density at radius 2 is 2.05 bits per heavy atom. The largest absolute Gasteiger partial charge is 0.439 e. The van der Waals surface area contributed by atoms with Crippen LogP contribution in [0.2, 0.25) is 0 Å². The van der Waals surface area contributed by atoms with Crippen molar-refractivity contribution in [3.05, 3.63) is 29.8 Å². The van der Waals surface area contributed by atoms with Gasteiger partial charge in [0.1, 0.15) is 5.75 Å². The molecule has 0 saturated heterocycles. The van der Waals surface area contributed by atoms with E-state index in [0.717, 1.165) is 10.6 Å². The second kappa shape index (κ2) is 7.11. The van der Waals surface area contributed by atoms with Gasteiger partial charge in [0.2, 0.25) is 0 Å². The van der Waals surface area contributed by atoms with Crippen molar-refractivity contribution in [1.82, 2.24) is 9.96 Å². The molecule has 0 heterocycles. The maximum Gasteiger partial charge on any atom is 0.439 e. The number of hydroxylamine groups is 2. The van der Waals surface area contributed by atoms with Crippen LogP contribution in [0.25, 0.3) is 0 Å². The Morgan fingerprint density at radius 3 is 2.58 bits per heavy atom. The molecule has 0 aliphatic rings. The molecule has 0 aliphatic heterocycles. The lowest BCUT2D eigenvalue weighted by molar-refractivity contribution is -0.0957. The van der Waals surface area contributed by atoms with Crippen molar-refractivity contribution in [3.63, 3.8) is 0 Å². The van der Waals surface area contributed by atoms with Crippen LogP contribution in [0.15, 0.2) is 24.3 Å². The van der Waals surface area contributed by atoms with Crippen LogP contribution in [0, 0.1) is 0 Å². The van der Waals surface area contributed by atoms with E-state index in [1.165, 1.54) is 7.11 Å². The molecule has 0 bridgehead atoms. The molecule has 0 radical (unpaired) electrons. The number of ether oxygens (including phenoxy) is 1. The summed E-state index contributed by atoms with van der Waals surface area (Å²) in [7, 11) is 5.45. The lowest BCUT2D eigenvalue weighted by atomic mass is 10.1. The number of amides is 1. The number of carbonyl (C=O) groups is 1. The van der Waals surface area contributed by atoms with Gasteiger partial charge in [-0.05, 0) is 45.6 Å². The Labute approximate surface area is 114 Å². The van der Waals surface area contributed by atoms with E-state index in [1.54, 1.807) is 6.07 Å². The molecule has 0 spiro atoms. The molecule has 1 aromatic carbocycles. The molecule has 0 fully saturated rings. The van der Waals surface area contributed by atoms with Crippen LogP contribution in [0.3, 0.4) is 0 Å². The van der Waals surface area contributed by atoms with Crippen LogP contribution >= 0.6 is 0 Å². The minimum atomic E-state index is -0.514. The molecular weight excluding hydrogens is 244 g/mol. The quantitative estimate of drug-likeness (QED) is 0.768. The summed E-state index contributed by atoms with van der Waals surface area (Å²) in [6, 6.07) is 7.76. The summed E-state index contributed by atoms with van der Waals surface area (Å²) in [6.45, 7) is 4.34. The van der Waals surface area contributed by atoms with Crippen LogP contribution in [0.1, 0.15) is 25.5 Å². The number of hydrogen-bond donors (Lipinski definition) is 0.